The van der Waals surface area contributed by atoms with Crippen LogP contribution in [0.15, 0.2) is 22.9 Å². The summed E-state index contributed by atoms with van der Waals surface area (Å²) in [5, 5.41) is 13.0. The van der Waals surface area contributed by atoms with Gasteiger partial charge in [0.15, 0.2) is 0 Å². The van der Waals surface area contributed by atoms with Crippen LogP contribution in [0.1, 0.15) is 25.7 Å². The first-order valence-electron chi connectivity index (χ1n) is 6.38. The van der Waals surface area contributed by atoms with Gasteiger partial charge in [0.2, 0.25) is 0 Å². The van der Waals surface area contributed by atoms with E-state index >= 15 is 0 Å². The highest BCUT2D eigenvalue weighted by atomic mass is 79.9. The van der Waals surface area contributed by atoms with Crippen molar-refractivity contribution in [2.75, 3.05) is 18.5 Å². The molecule has 2 rings (SSSR count). The Hall–Kier alpha value is -0.650. The fraction of sp³-hybridized carbons (Fsp3) is 0.615. The molecule has 1 aliphatic rings. The number of anilines is 1. The number of aromatic nitrogens is 1. The number of pyridine rings is 1. The fourth-order valence-electron chi connectivity index (χ4n) is 2.11. The smallest absolute Gasteiger partial charge is 0.0945 e. The average molecular weight is 315 g/mol. The van der Waals surface area contributed by atoms with E-state index in [0.29, 0.717) is 19.3 Å². The number of aliphatic hydroxyl groups is 1. The van der Waals surface area contributed by atoms with Gasteiger partial charge in [-0.25, -0.2) is 0 Å². The van der Waals surface area contributed by atoms with Crippen LogP contribution >= 0.6 is 15.9 Å². The summed E-state index contributed by atoms with van der Waals surface area (Å²) in [6, 6.07) is 1.93. The van der Waals surface area contributed by atoms with E-state index in [4.69, 9.17) is 4.74 Å². The van der Waals surface area contributed by atoms with Crippen LogP contribution < -0.4 is 5.32 Å². The molecule has 1 unspecified atom stereocenters. The molecule has 1 aromatic rings. The minimum absolute atomic E-state index is 0.354. The van der Waals surface area contributed by atoms with Crippen molar-refractivity contribution in [1.82, 2.24) is 4.98 Å². The van der Waals surface area contributed by atoms with Crippen LogP contribution in [0.2, 0.25) is 0 Å². The first-order valence-corrected chi connectivity index (χ1v) is 7.17. The maximum atomic E-state index is 9.82. The zero-order valence-corrected chi connectivity index (χ0v) is 11.9. The summed E-state index contributed by atoms with van der Waals surface area (Å²) in [6.45, 7) is 0.879. The number of rotatable bonds is 6. The van der Waals surface area contributed by atoms with E-state index in [9.17, 15) is 5.11 Å². The predicted molar refractivity (Wildman–Crippen MR) is 74.6 cm³/mol. The van der Waals surface area contributed by atoms with Crippen LogP contribution in [0.3, 0.4) is 0 Å². The van der Waals surface area contributed by atoms with Crippen molar-refractivity contribution >= 4 is 21.6 Å². The molecule has 1 atom stereocenters. The number of hydrogen-bond donors (Lipinski definition) is 2. The summed E-state index contributed by atoms with van der Waals surface area (Å²) in [7, 11) is 0. The van der Waals surface area contributed by atoms with Crippen molar-refractivity contribution in [2.24, 2.45) is 0 Å². The van der Waals surface area contributed by atoms with Gasteiger partial charge in [0, 0.05) is 17.2 Å². The number of nitrogens with zero attached hydrogens (tertiary/aromatic N) is 1. The van der Waals surface area contributed by atoms with Gasteiger partial charge in [0.25, 0.3) is 0 Å². The molecule has 0 radical (unpaired) electrons. The normalized spacial score (nSPS) is 17.9. The second kappa shape index (κ2) is 7.07. The van der Waals surface area contributed by atoms with E-state index < -0.39 is 6.10 Å². The number of aliphatic hydroxyl groups excluding tert-OH is 1. The maximum Gasteiger partial charge on any atom is 0.0945 e. The molecular formula is C13H19BrN2O2. The van der Waals surface area contributed by atoms with Crippen molar-refractivity contribution in [3.63, 3.8) is 0 Å². The zero-order valence-electron chi connectivity index (χ0n) is 10.3. The third-order valence-corrected chi connectivity index (χ3v) is 3.51. The molecule has 2 N–H and O–H groups in total. The molecule has 4 nitrogen and oxygen atoms in total. The van der Waals surface area contributed by atoms with Crippen LogP contribution in [0.25, 0.3) is 0 Å². The van der Waals surface area contributed by atoms with Crippen molar-refractivity contribution in [2.45, 2.75) is 37.9 Å². The first-order chi connectivity index (χ1) is 8.74. The lowest BCUT2D eigenvalue weighted by Gasteiger charge is -2.16. The van der Waals surface area contributed by atoms with Crippen LogP contribution in [-0.4, -0.2) is 35.5 Å². The van der Waals surface area contributed by atoms with Crippen LogP contribution in [0, 0.1) is 0 Å². The Morgan fingerprint density at radius 3 is 2.94 bits per heavy atom. The lowest BCUT2D eigenvalue weighted by Crippen LogP contribution is -2.27. The van der Waals surface area contributed by atoms with Gasteiger partial charge in [-0.2, -0.15) is 0 Å². The molecular weight excluding hydrogens is 296 g/mol. The molecule has 5 heteroatoms. The van der Waals surface area contributed by atoms with Gasteiger partial charge in [0.1, 0.15) is 0 Å². The Kier molecular flexibility index (Phi) is 5.41. The zero-order chi connectivity index (χ0) is 12.8. The van der Waals surface area contributed by atoms with E-state index in [1.54, 1.807) is 12.4 Å². The van der Waals surface area contributed by atoms with Gasteiger partial charge in [0.05, 0.1) is 30.7 Å². The lowest BCUT2D eigenvalue weighted by atomic mass is 10.3. The summed E-state index contributed by atoms with van der Waals surface area (Å²) in [5.41, 5.74) is 0.893. The van der Waals surface area contributed by atoms with E-state index in [2.05, 4.69) is 26.2 Å². The van der Waals surface area contributed by atoms with Gasteiger partial charge >= 0.3 is 0 Å². The Morgan fingerprint density at radius 2 is 2.22 bits per heavy atom. The fourth-order valence-corrected chi connectivity index (χ4v) is 2.47. The summed E-state index contributed by atoms with van der Waals surface area (Å²) < 4.78 is 6.58. The molecule has 1 saturated carbocycles. The maximum absolute atomic E-state index is 9.82. The van der Waals surface area contributed by atoms with Crippen molar-refractivity contribution < 1.29 is 9.84 Å². The Labute approximate surface area is 116 Å². The molecule has 1 aliphatic carbocycles. The monoisotopic (exact) mass is 314 g/mol. The SMILES string of the molecule is OC(CNc1cncc(Br)c1)COC1CCCC1. The van der Waals surface area contributed by atoms with Crippen molar-refractivity contribution in [3.05, 3.63) is 22.9 Å². The molecule has 100 valence electrons. The number of nitrogens with one attached hydrogen (secondary N) is 1. The minimum atomic E-state index is -0.482. The van der Waals surface area contributed by atoms with Gasteiger partial charge in [-0.05, 0) is 34.8 Å². The Morgan fingerprint density at radius 1 is 1.44 bits per heavy atom. The van der Waals surface area contributed by atoms with Crippen LogP contribution in [0.4, 0.5) is 5.69 Å². The second-order valence-electron chi connectivity index (χ2n) is 4.67. The summed E-state index contributed by atoms with van der Waals surface area (Å²) in [4.78, 5) is 4.05. The van der Waals surface area contributed by atoms with Gasteiger partial charge in [-0.1, -0.05) is 12.8 Å². The molecule has 0 spiro atoms. The van der Waals surface area contributed by atoms with Crippen LogP contribution in [0.5, 0.6) is 0 Å². The first kappa shape index (κ1) is 13.8. The standard InChI is InChI=1S/C13H19BrN2O2/c14-10-5-11(7-15-6-10)16-8-12(17)9-18-13-3-1-2-4-13/h5-7,12-13,16-17H,1-4,8-9H2. The molecule has 0 aliphatic heterocycles. The van der Waals surface area contributed by atoms with Crippen molar-refractivity contribution in [3.8, 4) is 0 Å². The number of halogens is 1. The Balaban J connectivity index is 1.66. The van der Waals surface area contributed by atoms with Crippen molar-refractivity contribution in [1.29, 1.82) is 0 Å². The number of ether oxygens (including phenoxy) is 1. The average Bonchev–Trinajstić information content (AvgIpc) is 2.87. The summed E-state index contributed by atoms with van der Waals surface area (Å²) in [6.07, 6.45) is 8.11. The van der Waals surface area contributed by atoms with Crippen LogP contribution in [-0.2, 0) is 4.74 Å². The summed E-state index contributed by atoms with van der Waals surface area (Å²) in [5.74, 6) is 0. The number of hydrogen-bond acceptors (Lipinski definition) is 4. The Bertz CT molecular complexity index is 370. The largest absolute Gasteiger partial charge is 0.389 e. The highest BCUT2D eigenvalue weighted by molar-refractivity contribution is 9.10. The van der Waals surface area contributed by atoms with E-state index in [-0.39, 0.29) is 0 Å². The molecule has 0 aromatic carbocycles. The van der Waals surface area contributed by atoms with Gasteiger partial charge < -0.3 is 15.2 Å². The molecule has 18 heavy (non-hydrogen) atoms. The topological polar surface area (TPSA) is 54.4 Å². The highest BCUT2D eigenvalue weighted by Gasteiger charge is 2.16. The molecule has 0 amide bonds. The van der Waals surface area contributed by atoms with Gasteiger partial charge in [-0.3, -0.25) is 4.98 Å². The molecule has 1 aromatic heterocycles. The molecule has 0 bridgehead atoms. The third-order valence-electron chi connectivity index (χ3n) is 3.07. The minimum Gasteiger partial charge on any atom is -0.389 e. The third kappa shape index (κ3) is 4.55. The predicted octanol–water partition coefficient (Wildman–Crippen LogP) is 2.58. The van der Waals surface area contributed by atoms with E-state index in [1.807, 2.05) is 6.07 Å². The second-order valence-corrected chi connectivity index (χ2v) is 5.58. The summed E-state index contributed by atoms with van der Waals surface area (Å²) >= 11 is 3.35. The van der Waals surface area contributed by atoms with Gasteiger partial charge in [-0.15, -0.1) is 0 Å². The molecule has 1 heterocycles. The molecule has 0 saturated heterocycles. The van der Waals surface area contributed by atoms with E-state index in [1.165, 1.54) is 12.8 Å². The van der Waals surface area contributed by atoms with E-state index in [0.717, 1.165) is 23.0 Å². The highest BCUT2D eigenvalue weighted by Crippen LogP contribution is 2.21. The molecule has 1 fully saturated rings. The quantitative estimate of drug-likeness (QED) is 0.847. The lowest BCUT2D eigenvalue weighted by molar-refractivity contribution is -0.00117.